The minimum Gasteiger partial charge on any atom is -0.480 e. The molecule has 212 valence electrons. The largest absolute Gasteiger partial charge is 0.480 e. The molecule has 2 aliphatic heterocycles. The number of hydrogen-bond acceptors (Lipinski definition) is 7. The zero-order valence-electron chi connectivity index (χ0n) is 22.3. The van der Waals surface area contributed by atoms with Crippen molar-refractivity contribution in [2.24, 2.45) is 5.41 Å². The maximum Gasteiger partial charge on any atom is 0.429 e. The van der Waals surface area contributed by atoms with Crippen LogP contribution >= 0.6 is 0 Å². The van der Waals surface area contributed by atoms with E-state index in [-0.39, 0.29) is 22.8 Å². The Balaban J connectivity index is 1.34. The number of benzene rings is 2. The molecule has 0 bridgehead atoms. The summed E-state index contributed by atoms with van der Waals surface area (Å²) in [4.78, 5) is 21.5. The Hall–Kier alpha value is -3.86. The molecule has 0 aliphatic carbocycles. The molecule has 4 N–H and O–H groups in total. The molecular formula is C29H32F3N5O3. The number of anilines is 2. The number of aliphatic carboxylic acids is 1. The first-order valence-corrected chi connectivity index (χ1v) is 13.2. The van der Waals surface area contributed by atoms with Gasteiger partial charge in [0.25, 0.3) is 0 Å². The van der Waals surface area contributed by atoms with Gasteiger partial charge in [-0.1, -0.05) is 42.5 Å². The van der Waals surface area contributed by atoms with Gasteiger partial charge in [0.05, 0.1) is 0 Å². The summed E-state index contributed by atoms with van der Waals surface area (Å²) < 4.78 is 48.0. The third-order valence-corrected chi connectivity index (χ3v) is 8.03. The Kier molecular flexibility index (Phi) is 7.34. The van der Waals surface area contributed by atoms with Gasteiger partial charge >= 0.3 is 12.1 Å². The summed E-state index contributed by atoms with van der Waals surface area (Å²) in [5.41, 5.74) is 9.59. The first-order valence-electron chi connectivity index (χ1n) is 13.2. The summed E-state index contributed by atoms with van der Waals surface area (Å²) in [7, 11) is 0. The third kappa shape index (κ3) is 5.70. The Morgan fingerprint density at radius 1 is 1.12 bits per heavy atom. The van der Waals surface area contributed by atoms with Crippen LogP contribution in [0.25, 0.3) is 11.1 Å². The van der Waals surface area contributed by atoms with E-state index in [2.05, 4.69) is 15.3 Å². The lowest BCUT2D eigenvalue weighted by atomic mass is 9.76. The van der Waals surface area contributed by atoms with Crippen molar-refractivity contribution in [1.29, 1.82) is 0 Å². The van der Waals surface area contributed by atoms with Crippen LogP contribution in [0.1, 0.15) is 42.1 Å². The molecule has 5 rings (SSSR count). The molecule has 3 aromatic rings. The fourth-order valence-corrected chi connectivity index (χ4v) is 5.87. The fourth-order valence-electron chi connectivity index (χ4n) is 5.87. The highest BCUT2D eigenvalue weighted by molar-refractivity contribution is 5.74. The number of halogens is 3. The molecule has 40 heavy (non-hydrogen) atoms. The van der Waals surface area contributed by atoms with Crippen molar-refractivity contribution in [3.8, 4) is 17.0 Å². The standard InChI is InChI=1S/C29H32F3N5O3/c1-17-4-3-5-18(2)24(17)19-6-8-20(9-7-19)25(29(30,31)32)40-23-14-22(35-27(33)36-23)37-12-10-28(11-13-37)15-21(26(38)39)34-16-28/h3-9,14,21,25,34H,10-13,15-16H2,1-2H3,(H,38,39)(H2,33,35,36)/t21-,25+/m0/s1. The number of nitrogens with two attached hydrogens (primary N) is 1. The molecule has 2 aliphatic rings. The average Bonchev–Trinajstić information content (AvgIpc) is 3.31. The van der Waals surface area contributed by atoms with Crippen LogP contribution in [0, 0.1) is 19.3 Å². The number of carbonyl (C=O) groups is 1. The summed E-state index contributed by atoms with van der Waals surface area (Å²) in [6, 6.07) is 12.9. The number of aryl methyl sites for hydroxylation is 2. The van der Waals surface area contributed by atoms with Crippen molar-refractivity contribution in [2.45, 2.75) is 51.4 Å². The van der Waals surface area contributed by atoms with Gasteiger partial charge in [0.2, 0.25) is 17.9 Å². The molecule has 3 heterocycles. The van der Waals surface area contributed by atoms with Crippen LogP contribution in [0.4, 0.5) is 24.9 Å². The summed E-state index contributed by atoms with van der Waals surface area (Å²) in [6.07, 6.45) is -4.95. The first kappa shape index (κ1) is 27.7. The first-order chi connectivity index (χ1) is 18.9. The van der Waals surface area contributed by atoms with E-state index in [0.29, 0.717) is 31.9 Å². The predicted molar refractivity (Wildman–Crippen MR) is 145 cm³/mol. The highest BCUT2D eigenvalue weighted by atomic mass is 19.4. The summed E-state index contributed by atoms with van der Waals surface area (Å²) in [5.74, 6) is -0.932. The quantitative estimate of drug-likeness (QED) is 0.387. The van der Waals surface area contributed by atoms with Crippen LogP contribution < -0.4 is 20.7 Å². The summed E-state index contributed by atoms with van der Waals surface area (Å²) in [5, 5.41) is 12.4. The van der Waals surface area contributed by atoms with Crippen LogP contribution in [-0.4, -0.2) is 52.9 Å². The van der Waals surface area contributed by atoms with Crippen molar-refractivity contribution < 1.29 is 27.8 Å². The second kappa shape index (κ2) is 10.6. The number of nitrogens with one attached hydrogen (secondary N) is 1. The highest BCUT2D eigenvalue weighted by Crippen LogP contribution is 2.41. The highest BCUT2D eigenvalue weighted by Gasteiger charge is 2.45. The number of aromatic nitrogens is 2. The molecule has 0 radical (unpaired) electrons. The van der Waals surface area contributed by atoms with Crippen molar-refractivity contribution in [3.63, 3.8) is 0 Å². The Morgan fingerprint density at radius 3 is 2.35 bits per heavy atom. The molecule has 2 saturated heterocycles. The number of piperidine rings is 1. The second-order valence-corrected chi connectivity index (χ2v) is 10.8. The lowest BCUT2D eigenvalue weighted by molar-refractivity contribution is -0.198. The van der Waals surface area contributed by atoms with Crippen molar-refractivity contribution >= 4 is 17.7 Å². The molecule has 2 fully saturated rings. The molecule has 2 atom stereocenters. The maximum absolute atomic E-state index is 14.2. The Labute approximate surface area is 230 Å². The van der Waals surface area contributed by atoms with E-state index in [1.165, 1.54) is 18.2 Å². The smallest absolute Gasteiger partial charge is 0.429 e. The minimum absolute atomic E-state index is 0.0529. The van der Waals surface area contributed by atoms with Gasteiger partial charge in [-0.25, -0.2) is 0 Å². The molecule has 2 aromatic carbocycles. The van der Waals surface area contributed by atoms with Gasteiger partial charge in [-0.05, 0) is 60.8 Å². The second-order valence-electron chi connectivity index (χ2n) is 10.8. The number of alkyl halides is 3. The van der Waals surface area contributed by atoms with Crippen LogP contribution in [-0.2, 0) is 4.79 Å². The van der Waals surface area contributed by atoms with Gasteiger partial charge in [0.15, 0.2) is 0 Å². The van der Waals surface area contributed by atoms with Gasteiger partial charge in [0, 0.05) is 31.3 Å². The van der Waals surface area contributed by atoms with Gasteiger partial charge < -0.3 is 25.8 Å². The Morgan fingerprint density at radius 2 is 1.77 bits per heavy atom. The molecule has 8 nitrogen and oxygen atoms in total. The molecule has 0 amide bonds. The summed E-state index contributed by atoms with van der Waals surface area (Å²) >= 11 is 0. The van der Waals surface area contributed by atoms with Gasteiger partial charge in [-0.15, -0.1) is 0 Å². The molecule has 1 spiro atoms. The van der Waals surface area contributed by atoms with E-state index in [9.17, 15) is 23.1 Å². The zero-order chi connectivity index (χ0) is 28.7. The van der Waals surface area contributed by atoms with E-state index in [1.807, 2.05) is 36.9 Å². The average molecular weight is 556 g/mol. The normalized spacial score (nSPS) is 19.5. The predicted octanol–water partition coefficient (Wildman–Crippen LogP) is 5.06. The number of rotatable bonds is 6. The molecule has 0 unspecified atom stereocenters. The van der Waals surface area contributed by atoms with Gasteiger partial charge in [-0.2, -0.15) is 23.1 Å². The van der Waals surface area contributed by atoms with Crippen LogP contribution in [0.5, 0.6) is 5.88 Å². The van der Waals surface area contributed by atoms with Gasteiger partial charge in [-0.3, -0.25) is 4.79 Å². The maximum atomic E-state index is 14.2. The summed E-state index contributed by atoms with van der Waals surface area (Å²) in [6.45, 7) is 5.68. The monoisotopic (exact) mass is 555 g/mol. The lowest BCUT2D eigenvalue weighted by Crippen LogP contribution is -2.41. The fraction of sp³-hybridized carbons (Fsp3) is 0.414. The van der Waals surface area contributed by atoms with E-state index < -0.39 is 24.3 Å². The van der Waals surface area contributed by atoms with Crippen LogP contribution in [0.3, 0.4) is 0 Å². The number of hydrogen-bond donors (Lipinski definition) is 3. The molecule has 1 aromatic heterocycles. The zero-order valence-corrected chi connectivity index (χ0v) is 22.3. The van der Waals surface area contributed by atoms with E-state index in [1.54, 1.807) is 12.1 Å². The van der Waals surface area contributed by atoms with E-state index >= 15 is 0 Å². The van der Waals surface area contributed by atoms with Crippen LogP contribution in [0.2, 0.25) is 0 Å². The molecule has 11 heteroatoms. The number of nitrogens with zero attached hydrogens (tertiary/aromatic N) is 3. The number of carboxylic acid groups (broad SMARTS) is 1. The minimum atomic E-state index is -4.70. The topological polar surface area (TPSA) is 114 Å². The van der Waals surface area contributed by atoms with Crippen LogP contribution in [0.15, 0.2) is 48.5 Å². The lowest BCUT2D eigenvalue weighted by Gasteiger charge is -2.39. The SMILES string of the molecule is Cc1cccc(C)c1-c1ccc([C@@H](Oc2cc(N3CCC4(CC3)CN[C@H](C(=O)O)C4)nc(N)n2)C(F)(F)F)cc1. The molecule has 0 saturated carbocycles. The third-order valence-electron chi connectivity index (χ3n) is 8.03. The van der Waals surface area contributed by atoms with Crippen molar-refractivity contribution in [2.75, 3.05) is 30.3 Å². The van der Waals surface area contributed by atoms with E-state index in [4.69, 9.17) is 10.5 Å². The number of nitrogen functional groups attached to an aromatic ring is 1. The Bertz CT molecular complexity index is 1370. The molecular weight excluding hydrogens is 523 g/mol. The van der Waals surface area contributed by atoms with E-state index in [0.717, 1.165) is 35.1 Å². The van der Waals surface area contributed by atoms with Gasteiger partial charge in [0.1, 0.15) is 11.9 Å². The van der Waals surface area contributed by atoms with Crippen molar-refractivity contribution in [3.05, 3.63) is 65.2 Å². The number of ether oxygens (including phenoxy) is 1. The van der Waals surface area contributed by atoms with Crippen molar-refractivity contribution in [1.82, 2.24) is 15.3 Å². The number of carboxylic acids is 1.